The Morgan fingerprint density at radius 3 is 2.33 bits per heavy atom. The van der Waals surface area contributed by atoms with E-state index in [-0.39, 0.29) is 13.1 Å². The van der Waals surface area contributed by atoms with Crippen LogP contribution in [0.1, 0.15) is 31.9 Å². The Balaban J connectivity index is 1.89. The molecule has 9 heteroatoms. The molecule has 0 saturated carbocycles. The quantitative estimate of drug-likeness (QED) is 0.834. The molecule has 0 atom stereocenters. The van der Waals surface area contributed by atoms with Crippen LogP contribution < -0.4 is 10.0 Å². The maximum atomic E-state index is 11.7. The minimum Gasteiger partial charge on any atom is -0.444 e. The highest BCUT2D eigenvalue weighted by Gasteiger charge is 2.33. The van der Waals surface area contributed by atoms with Gasteiger partial charge in [-0.3, -0.25) is 4.79 Å². The number of ether oxygens (including phenoxy) is 1. The van der Waals surface area contributed by atoms with Crippen LogP contribution in [0.25, 0.3) is 0 Å². The van der Waals surface area contributed by atoms with Crippen molar-refractivity contribution in [3.8, 4) is 0 Å². The molecule has 0 aliphatic carbocycles. The number of alkyl carbamates (subject to hydrolysis) is 1. The second kappa shape index (κ2) is 6.78. The van der Waals surface area contributed by atoms with E-state index in [1.807, 2.05) is 4.72 Å². The molecular weight excluding hydrogens is 334 g/mol. The Kier molecular flexibility index (Phi) is 5.14. The highest BCUT2D eigenvalue weighted by Crippen LogP contribution is 2.13. The SMILES string of the molecule is CC(C)(C)OC(=O)NCc1ccc(CN2CC(=O)NS2(=O)=O)cc1. The van der Waals surface area contributed by atoms with Crippen LogP contribution in [0.5, 0.6) is 0 Å². The lowest BCUT2D eigenvalue weighted by atomic mass is 10.1. The van der Waals surface area contributed by atoms with Crippen molar-refractivity contribution in [2.75, 3.05) is 6.54 Å². The predicted molar refractivity (Wildman–Crippen MR) is 87.0 cm³/mol. The van der Waals surface area contributed by atoms with Gasteiger partial charge in [0.05, 0.1) is 6.54 Å². The molecule has 0 unspecified atom stereocenters. The normalized spacial score (nSPS) is 17.4. The molecule has 2 amide bonds. The maximum absolute atomic E-state index is 11.7. The third-order valence-corrected chi connectivity index (χ3v) is 4.54. The van der Waals surface area contributed by atoms with Gasteiger partial charge in [-0.1, -0.05) is 24.3 Å². The smallest absolute Gasteiger partial charge is 0.407 e. The zero-order valence-electron chi connectivity index (χ0n) is 13.8. The highest BCUT2D eigenvalue weighted by molar-refractivity contribution is 7.88. The van der Waals surface area contributed by atoms with Crippen molar-refractivity contribution < 1.29 is 22.7 Å². The molecule has 1 aliphatic rings. The summed E-state index contributed by atoms with van der Waals surface area (Å²) in [5, 5.41) is 2.64. The van der Waals surface area contributed by atoms with Crippen LogP contribution in [0.3, 0.4) is 0 Å². The molecule has 1 aromatic carbocycles. The van der Waals surface area contributed by atoms with Crippen LogP contribution in [-0.2, 0) is 32.8 Å². The molecule has 132 valence electrons. The number of hydrogen-bond donors (Lipinski definition) is 2. The number of amides is 2. The van der Waals surface area contributed by atoms with Crippen molar-refractivity contribution in [1.82, 2.24) is 14.3 Å². The zero-order valence-corrected chi connectivity index (χ0v) is 14.6. The van der Waals surface area contributed by atoms with Crippen molar-refractivity contribution in [1.29, 1.82) is 0 Å². The molecule has 1 aromatic rings. The summed E-state index contributed by atoms with van der Waals surface area (Å²) in [6.07, 6.45) is -0.501. The molecule has 0 radical (unpaired) electrons. The van der Waals surface area contributed by atoms with Crippen molar-refractivity contribution in [2.45, 2.75) is 39.5 Å². The van der Waals surface area contributed by atoms with E-state index < -0.39 is 27.8 Å². The molecule has 0 bridgehead atoms. The van der Waals surface area contributed by atoms with E-state index in [4.69, 9.17) is 4.74 Å². The number of hydrogen-bond acceptors (Lipinski definition) is 5. The molecule has 0 aromatic heterocycles. The van der Waals surface area contributed by atoms with Gasteiger partial charge in [-0.2, -0.15) is 12.7 Å². The Morgan fingerprint density at radius 2 is 1.83 bits per heavy atom. The summed E-state index contributed by atoms with van der Waals surface area (Å²) in [5.74, 6) is -0.534. The standard InChI is InChI=1S/C15H21N3O5S/c1-15(2,3)23-14(20)16-8-11-4-6-12(7-5-11)9-18-10-13(19)17-24(18,21)22/h4-7H,8-10H2,1-3H3,(H,16,20)(H,17,19). The van der Waals surface area contributed by atoms with E-state index in [0.29, 0.717) is 6.54 Å². The number of nitrogens with zero attached hydrogens (tertiary/aromatic N) is 1. The zero-order chi connectivity index (χ0) is 18.0. The summed E-state index contributed by atoms with van der Waals surface area (Å²) in [5.41, 5.74) is 1.04. The van der Waals surface area contributed by atoms with E-state index in [9.17, 15) is 18.0 Å². The van der Waals surface area contributed by atoms with Crippen LogP contribution in [0, 0.1) is 0 Å². The van der Waals surface area contributed by atoms with Gasteiger partial charge in [0, 0.05) is 13.1 Å². The molecule has 2 rings (SSSR count). The first-order chi connectivity index (χ1) is 11.0. The van der Waals surface area contributed by atoms with E-state index in [0.717, 1.165) is 15.4 Å². The van der Waals surface area contributed by atoms with E-state index >= 15 is 0 Å². The molecular formula is C15H21N3O5S. The monoisotopic (exact) mass is 355 g/mol. The van der Waals surface area contributed by atoms with Gasteiger partial charge in [-0.15, -0.1) is 0 Å². The second-order valence-corrected chi connectivity index (χ2v) is 8.14. The molecule has 2 N–H and O–H groups in total. The lowest BCUT2D eigenvalue weighted by Gasteiger charge is -2.19. The van der Waals surface area contributed by atoms with Gasteiger partial charge in [0.1, 0.15) is 5.60 Å². The van der Waals surface area contributed by atoms with E-state index in [1.165, 1.54) is 0 Å². The fourth-order valence-electron chi connectivity index (χ4n) is 2.08. The molecule has 1 saturated heterocycles. The molecule has 1 fully saturated rings. The fraction of sp³-hybridized carbons (Fsp3) is 0.467. The third kappa shape index (κ3) is 5.20. The summed E-state index contributed by atoms with van der Waals surface area (Å²) in [7, 11) is -3.72. The number of carbonyl (C=O) groups excluding carboxylic acids is 2. The summed E-state index contributed by atoms with van der Waals surface area (Å²) in [6.45, 7) is 5.59. The van der Waals surface area contributed by atoms with Gasteiger partial charge in [-0.05, 0) is 31.9 Å². The van der Waals surface area contributed by atoms with Crippen LogP contribution in [0.15, 0.2) is 24.3 Å². The van der Waals surface area contributed by atoms with E-state index in [2.05, 4.69) is 5.32 Å². The molecule has 1 heterocycles. The van der Waals surface area contributed by atoms with Gasteiger partial charge in [-0.25, -0.2) is 9.52 Å². The first-order valence-electron chi connectivity index (χ1n) is 7.40. The maximum Gasteiger partial charge on any atom is 0.407 e. The van der Waals surface area contributed by atoms with Gasteiger partial charge < -0.3 is 10.1 Å². The van der Waals surface area contributed by atoms with Gasteiger partial charge in [0.25, 0.3) is 0 Å². The number of carbonyl (C=O) groups is 2. The van der Waals surface area contributed by atoms with Gasteiger partial charge >= 0.3 is 16.3 Å². The summed E-state index contributed by atoms with van der Waals surface area (Å²) >= 11 is 0. The largest absolute Gasteiger partial charge is 0.444 e. The lowest BCUT2D eigenvalue weighted by Crippen LogP contribution is -2.32. The van der Waals surface area contributed by atoms with Gasteiger partial charge in [0.15, 0.2) is 0 Å². The Labute approximate surface area is 141 Å². The summed E-state index contributed by atoms with van der Waals surface area (Å²) in [6, 6.07) is 7.07. The first-order valence-corrected chi connectivity index (χ1v) is 8.84. The fourth-order valence-corrected chi connectivity index (χ4v) is 3.17. The molecule has 24 heavy (non-hydrogen) atoms. The second-order valence-electron chi connectivity index (χ2n) is 6.47. The van der Waals surface area contributed by atoms with Gasteiger partial charge in [0.2, 0.25) is 5.91 Å². The Hall–Kier alpha value is -2.13. The topological polar surface area (TPSA) is 105 Å². The average molecular weight is 355 g/mol. The van der Waals surface area contributed by atoms with Crippen molar-refractivity contribution in [2.24, 2.45) is 0 Å². The van der Waals surface area contributed by atoms with E-state index in [1.54, 1.807) is 45.0 Å². The van der Waals surface area contributed by atoms with Crippen LogP contribution in [-0.4, -0.2) is 36.9 Å². The predicted octanol–water partition coefficient (Wildman–Crippen LogP) is 0.888. The van der Waals surface area contributed by atoms with Crippen LogP contribution in [0.2, 0.25) is 0 Å². The number of benzene rings is 1. The summed E-state index contributed by atoms with van der Waals surface area (Å²) < 4.78 is 31.5. The lowest BCUT2D eigenvalue weighted by molar-refractivity contribution is -0.118. The third-order valence-electron chi connectivity index (χ3n) is 3.12. The first kappa shape index (κ1) is 18.2. The minimum absolute atomic E-state index is 0.112. The minimum atomic E-state index is -3.72. The van der Waals surface area contributed by atoms with Crippen molar-refractivity contribution in [3.05, 3.63) is 35.4 Å². The summed E-state index contributed by atoms with van der Waals surface area (Å²) in [4.78, 5) is 22.8. The average Bonchev–Trinajstić information content (AvgIpc) is 2.68. The van der Waals surface area contributed by atoms with Crippen molar-refractivity contribution >= 4 is 22.2 Å². The van der Waals surface area contributed by atoms with Crippen LogP contribution in [0.4, 0.5) is 4.79 Å². The number of rotatable bonds is 4. The molecule has 0 spiro atoms. The highest BCUT2D eigenvalue weighted by atomic mass is 32.2. The Bertz CT molecular complexity index is 722. The van der Waals surface area contributed by atoms with Crippen molar-refractivity contribution in [3.63, 3.8) is 0 Å². The van der Waals surface area contributed by atoms with Crippen LogP contribution >= 0.6 is 0 Å². The molecule has 1 aliphatic heterocycles. The molecule has 8 nitrogen and oxygen atoms in total. The number of nitrogens with one attached hydrogen (secondary N) is 2. The Morgan fingerprint density at radius 1 is 1.25 bits per heavy atom.